The molecule has 0 spiro atoms. The number of likely N-dealkylation sites (tertiary alicyclic amines) is 1. The molecule has 2 aliphatic rings. The molecule has 1 saturated heterocycles. The van der Waals surface area contributed by atoms with E-state index < -0.39 is 0 Å². The molecule has 25 heavy (non-hydrogen) atoms. The third-order valence-electron chi connectivity index (χ3n) is 5.26. The first-order chi connectivity index (χ1) is 12.1. The van der Waals surface area contributed by atoms with Gasteiger partial charge in [-0.15, -0.1) is 0 Å². The molecule has 1 aromatic carbocycles. The number of carbonyl (C=O) groups is 1. The number of guanidine groups is 1. The van der Waals surface area contributed by atoms with Gasteiger partial charge in [0.25, 0.3) is 0 Å². The second-order valence-corrected chi connectivity index (χ2v) is 7.51. The average Bonchev–Trinajstić information content (AvgIpc) is 3.37. The number of aliphatic imine (C=N–C) groups is 1. The molecule has 1 unspecified atom stereocenters. The summed E-state index contributed by atoms with van der Waals surface area (Å²) in [6.45, 7) is 4.54. The predicted molar refractivity (Wildman–Crippen MR) is 102 cm³/mol. The van der Waals surface area contributed by atoms with Crippen LogP contribution in [0.15, 0.2) is 35.3 Å². The number of rotatable bonds is 6. The lowest BCUT2D eigenvalue weighted by Gasteiger charge is -2.31. The monoisotopic (exact) mass is 342 g/mol. The van der Waals surface area contributed by atoms with Gasteiger partial charge in [0.05, 0.1) is 0 Å². The lowest BCUT2D eigenvalue weighted by molar-refractivity contribution is -0.132. The Bertz CT molecular complexity index is 609. The van der Waals surface area contributed by atoms with Gasteiger partial charge in [0.1, 0.15) is 0 Å². The van der Waals surface area contributed by atoms with Gasteiger partial charge < -0.3 is 15.5 Å². The van der Waals surface area contributed by atoms with E-state index in [9.17, 15) is 4.79 Å². The van der Waals surface area contributed by atoms with Crippen LogP contribution in [-0.4, -0.2) is 49.5 Å². The largest absolute Gasteiger partial charge is 0.357 e. The summed E-state index contributed by atoms with van der Waals surface area (Å²) in [4.78, 5) is 18.3. The number of benzene rings is 1. The highest BCUT2D eigenvalue weighted by molar-refractivity contribution is 5.81. The van der Waals surface area contributed by atoms with Crippen LogP contribution in [0, 0.1) is 5.41 Å². The van der Waals surface area contributed by atoms with E-state index in [4.69, 9.17) is 4.99 Å². The molecule has 5 nitrogen and oxygen atoms in total. The van der Waals surface area contributed by atoms with Crippen molar-refractivity contribution in [1.29, 1.82) is 0 Å². The highest BCUT2D eigenvalue weighted by atomic mass is 16.2. The summed E-state index contributed by atoms with van der Waals surface area (Å²) in [6.07, 6.45) is 5.11. The Labute approximate surface area is 150 Å². The van der Waals surface area contributed by atoms with E-state index in [0.717, 1.165) is 38.4 Å². The first-order valence-corrected chi connectivity index (χ1v) is 9.43. The number of nitrogens with zero attached hydrogens (tertiary/aromatic N) is 2. The fourth-order valence-electron chi connectivity index (χ4n) is 3.49. The molecule has 3 rings (SSSR count). The number of hydrogen-bond donors (Lipinski definition) is 2. The fraction of sp³-hybridized carbons (Fsp3) is 0.600. The Morgan fingerprint density at radius 2 is 2.08 bits per heavy atom. The van der Waals surface area contributed by atoms with Crippen LogP contribution in [0.4, 0.5) is 0 Å². The smallest absolute Gasteiger partial charge is 0.222 e. The Balaban J connectivity index is 1.57. The van der Waals surface area contributed by atoms with Gasteiger partial charge in [0, 0.05) is 39.1 Å². The van der Waals surface area contributed by atoms with Crippen LogP contribution in [0.1, 0.15) is 38.2 Å². The molecule has 5 heteroatoms. The SMILES string of the molecule is CCNC(=NCC1(Cc2ccccc2)CC1)NC1CCC(=O)N(C)C1. The van der Waals surface area contributed by atoms with Crippen LogP contribution < -0.4 is 10.6 Å². The molecule has 136 valence electrons. The van der Waals surface area contributed by atoms with Crippen LogP contribution >= 0.6 is 0 Å². The average molecular weight is 342 g/mol. The van der Waals surface area contributed by atoms with Crippen LogP contribution in [0.5, 0.6) is 0 Å². The summed E-state index contributed by atoms with van der Waals surface area (Å²) in [5.74, 6) is 1.12. The van der Waals surface area contributed by atoms with Crippen molar-refractivity contribution >= 4 is 11.9 Å². The Morgan fingerprint density at radius 1 is 1.32 bits per heavy atom. The third kappa shape index (κ3) is 4.97. The summed E-state index contributed by atoms with van der Waals surface area (Å²) < 4.78 is 0. The molecule has 1 saturated carbocycles. The van der Waals surface area contributed by atoms with Crippen molar-refractivity contribution in [3.05, 3.63) is 35.9 Å². The summed E-state index contributed by atoms with van der Waals surface area (Å²) in [6, 6.07) is 11.0. The zero-order valence-corrected chi connectivity index (χ0v) is 15.4. The number of piperidine rings is 1. The van der Waals surface area contributed by atoms with Crippen molar-refractivity contribution in [2.75, 3.05) is 26.7 Å². The number of likely N-dealkylation sites (N-methyl/N-ethyl adjacent to an activating group) is 1. The second kappa shape index (κ2) is 7.89. The van der Waals surface area contributed by atoms with Gasteiger partial charge in [-0.3, -0.25) is 9.79 Å². The first kappa shape index (κ1) is 17.8. The van der Waals surface area contributed by atoms with Crippen LogP contribution in [-0.2, 0) is 11.2 Å². The second-order valence-electron chi connectivity index (χ2n) is 7.51. The molecular weight excluding hydrogens is 312 g/mol. The summed E-state index contributed by atoms with van der Waals surface area (Å²) >= 11 is 0. The normalized spacial score (nSPS) is 22.6. The number of hydrogen-bond acceptors (Lipinski definition) is 2. The van der Waals surface area contributed by atoms with E-state index in [0.29, 0.717) is 11.8 Å². The van der Waals surface area contributed by atoms with Crippen LogP contribution in [0.2, 0.25) is 0 Å². The summed E-state index contributed by atoms with van der Waals surface area (Å²) in [7, 11) is 1.87. The minimum Gasteiger partial charge on any atom is -0.357 e. The van der Waals surface area contributed by atoms with Gasteiger partial charge in [-0.2, -0.15) is 0 Å². The maximum Gasteiger partial charge on any atom is 0.222 e. The molecule has 2 fully saturated rings. The molecule has 0 radical (unpaired) electrons. The molecule has 0 aromatic heterocycles. The molecule has 1 heterocycles. The molecule has 1 atom stereocenters. The third-order valence-corrected chi connectivity index (χ3v) is 5.26. The van der Waals surface area contributed by atoms with Gasteiger partial charge >= 0.3 is 0 Å². The van der Waals surface area contributed by atoms with Gasteiger partial charge in [0.15, 0.2) is 5.96 Å². The van der Waals surface area contributed by atoms with E-state index in [2.05, 4.69) is 47.9 Å². The minimum atomic E-state index is 0.236. The molecule has 0 bridgehead atoms. The van der Waals surface area contributed by atoms with E-state index >= 15 is 0 Å². The number of nitrogens with one attached hydrogen (secondary N) is 2. The Morgan fingerprint density at radius 3 is 2.72 bits per heavy atom. The van der Waals surface area contributed by atoms with E-state index in [1.165, 1.54) is 18.4 Å². The zero-order valence-electron chi connectivity index (χ0n) is 15.4. The molecule has 2 N–H and O–H groups in total. The maximum atomic E-state index is 11.6. The lowest BCUT2D eigenvalue weighted by Crippen LogP contribution is -2.51. The summed E-state index contributed by atoms with van der Waals surface area (Å²) in [5.41, 5.74) is 1.74. The van der Waals surface area contributed by atoms with Crippen molar-refractivity contribution in [3.8, 4) is 0 Å². The quantitative estimate of drug-likeness (QED) is 0.615. The van der Waals surface area contributed by atoms with Crippen molar-refractivity contribution in [1.82, 2.24) is 15.5 Å². The van der Waals surface area contributed by atoms with Crippen molar-refractivity contribution in [2.45, 2.75) is 45.1 Å². The van der Waals surface area contributed by atoms with E-state index in [1.54, 1.807) is 0 Å². The fourth-order valence-corrected chi connectivity index (χ4v) is 3.49. The minimum absolute atomic E-state index is 0.236. The molecule has 1 aliphatic carbocycles. The van der Waals surface area contributed by atoms with Crippen molar-refractivity contribution in [2.24, 2.45) is 10.4 Å². The lowest BCUT2D eigenvalue weighted by atomic mass is 9.97. The number of amides is 1. The highest BCUT2D eigenvalue weighted by Crippen LogP contribution is 2.48. The van der Waals surface area contributed by atoms with Crippen molar-refractivity contribution < 1.29 is 4.79 Å². The maximum absolute atomic E-state index is 11.6. The number of carbonyl (C=O) groups excluding carboxylic acids is 1. The van der Waals surface area contributed by atoms with E-state index in [-0.39, 0.29) is 11.9 Å². The predicted octanol–water partition coefficient (Wildman–Crippen LogP) is 2.19. The molecule has 1 aliphatic heterocycles. The van der Waals surface area contributed by atoms with Gasteiger partial charge in [-0.1, -0.05) is 30.3 Å². The van der Waals surface area contributed by atoms with E-state index in [1.807, 2.05) is 11.9 Å². The van der Waals surface area contributed by atoms with Gasteiger partial charge in [-0.05, 0) is 43.6 Å². The van der Waals surface area contributed by atoms with Crippen LogP contribution in [0.25, 0.3) is 0 Å². The van der Waals surface area contributed by atoms with Gasteiger partial charge in [-0.25, -0.2) is 0 Å². The van der Waals surface area contributed by atoms with Crippen LogP contribution in [0.3, 0.4) is 0 Å². The summed E-state index contributed by atoms with van der Waals surface area (Å²) in [5, 5.41) is 6.87. The Hall–Kier alpha value is -2.04. The molecule has 1 aromatic rings. The topological polar surface area (TPSA) is 56.7 Å². The zero-order chi connectivity index (χ0) is 17.7. The highest BCUT2D eigenvalue weighted by Gasteiger charge is 2.42. The first-order valence-electron chi connectivity index (χ1n) is 9.43. The van der Waals surface area contributed by atoms with Gasteiger partial charge in [0.2, 0.25) is 5.91 Å². The Kier molecular flexibility index (Phi) is 5.61. The van der Waals surface area contributed by atoms with Crippen molar-refractivity contribution in [3.63, 3.8) is 0 Å². The standard InChI is InChI=1S/C20H30N4O/c1-3-21-19(23-17-9-10-18(25)24(2)14-17)22-15-20(11-12-20)13-16-7-5-4-6-8-16/h4-8,17H,3,9-15H2,1-2H3,(H2,21,22,23). The molecule has 1 amide bonds. The molecular formula is C20H30N4O.